The molecule has 0 radical (unpaired) electrons. The Labute approximate surface area is 183 Å². The lowest BCUT2D eigenvalue weighted by Gasteiger charge is -2.11. The van der Waals surface area contributed by atoms with E-state index in [-0.39, 0.29) is 0 Å². The van der Waals surface area contributed by atoms with Gasteiger partial charge in [-0.2, -0.15) is 13.2 Å². The normalized spacial score (nSPS) is 10.9. The first-order chi connectivity index (χ1) is 14.7. The van der Waals surface area contributed by atoms with Crippen LogP contribution in [0.25, 0.3) is 11.3 Å². The number of carbonyl (C=O) groups is 1. The van der Waals surface area contributed by atoms with E-state index >= 15 is 0 Å². The summed E-state index contributed by atoms with van der Waals surface area (Å²) in [5.41, 5.74) is 4.59. The van der Waals surface area contributed by atoms with Crippen molar-refractivity contribution >= 4 is 17.6 Å². The van der Waals surface area contributed by atoms with Crippen LogP contribution in [0.1, 0.15) is 18.2 Å². The number of aromatic nitrogens is 2. The number of alkyl halides is 3. The average Bonchev–Trinajstić information content (AvgIpc) is 3.15. The van der Waals surface area contributed by atoms with Crippen LogP contribution in [0, 0.1) is 0 Å². The molecule has 9 heteroatoms. The fourth-order valence-electron chi connectivity index (χ4n) is 2.97. The number of hydrogen-bond donors (Lipinski definition) is 1. The molecule has 3 rings (SSSR count). The number of imidazole rings is 1. The van der Waals surface area contributed by atoms with Crippen molar-refractivity contribution in [2.45, 2.75) is 32.5 Å². The van der Waals surface area contributed by atoms with Crippen LogP contribution < -0.4 is 4.74 Å². The molecule has 0 aliphatic heterocycles. The fraction of sp³-hybridized carbons (Fsp3) is 0.273. The molecule has 0 aliphatic rings. The third kappa shape index (κ3) is 6.75. The monoisotopic (exact) mass is 454 g/mol. The first-order valence-electron chi connectivity index (χ1n) is 9.39. The van der Waals surface area contributed by atoms with Crippen molar-refractivity contribution in [2.24, 2.45) is 0 Å². The minimum absolute atomic E-state index is 0.743. The van der Waals surface area contributed by atoms with Gasteiger partial charge in [0.1, 0.15) is 5.75 Å². The van der Waals surface area contributed by atoms with Crippen LogP contribution in [-0.2, 0) is 24.2 Å². The van der Waals surface area contributed by atoms with Gasteiger partial charge in [0.25, 0.3) is 0 Å². The predicted molar refractivity (Wildman–Crippen MR) is 112 cm³/mol. The molecule has 1 N–H and O–H groups in total. The largest absolute Gasteiger partial charge is 0.496 e. The summed E-state index contributed by atoms with van der Waals surface area (Å²) in [6.07, 6.45) is -1.31. The molecule has 5 nitrogen and oxygen atoms in total. The van der Waals surface area contributed by atoms with E-state index in [1.165, 1.54) is 11.3 Å². The molecular weight excluding hydrogens is 433 g/mol. The number of methoxy groups -OCH3 is 1. The van der Waals surface area contributed by atoms with E-state index in [4.69, 9.17) is 26.2 Å². The first-order valence-corrected chi connectivity index (χ1v) is 9.77. The molecule has 0 fully saturated rings. The van der Waals surface area contributed by atoms with E-state index in [1.807, 2.05) is 48.8 Å². The van der Waals surface area contributed by atoms with E-state index in [2.05, 4.69) is 22.5 Å². The third-order valence-electron chi connectivity index (χ3n) is 4.46. The standard InChI is InChI=1S/C20H21ClN2O.C2HF3O2/c1-3-18-20(16-8-10-17(21)11-9-16)22-14-23(18)13-12-15-6-4-5-7-19(15)24-2;3-2(4,5)1(6)7/h4-11,14H,3,12-13H2,1-2H3;(H,6,7). The zero-order chi connectivity index (χ0) is 23.0. The number of para-hydroxylation sites is 1. The van der Waals surface area contributed by atoms with Crippen molar-refractivity contribution in [2.75, 3.05) is 7.11 Å². The molecule has 0 aliphatic carbocycles. The Morgan fingerprint density at radius 2 is 1.77 bits per heavy atom. The first kappa shape index (κ1) is 24.3. The molecule has 31 heavy (non-hydrogen) atoms. The van der Waals surface area contributed by atoms with Crippen LogP contribution >= 0.6 is 11.6 Å². The molecule has 0 saturated heterocycles. The maximum absolute atomic E-state index is 10.6. The topological polar surface area (TPSA) is 64.4 Å². The Hall–Kier alpha value is -3.00. The van der Waals surface area contributed by atoms with E-state index < -0.39 is 12.1 Å². The number of hydrogen-bond acceptors (Lipinski definition) is 3. The highest BCUT2D eigenvalue weighted by Crippen LogP contribution is 2.25. The summed E-state index contributed by atoms with van der Waals surface area (Å²) in [4.78, 5) is 13.5. The Bertz CT molecular complexity index is 1000. The van der Waals surface area contributed by atoms with Crippen molar-refractivity contribution in [3.8, 4) is 17.0 Å². The van der Waals surface area contributed by atoms with E-state index in [1.54, 1.807) is 7.11 Å². The molecule has 0 bridgehead atoms. The van der Waals surface area contributed by atoms with Crippen LogP contribution in [0.4, 0.5) is 13.2 Å². The second-order valence-corrected chi connectivity index (χ2v) is 6.89. The number of aryl methyl sites for hydroxylation is 2. The SMILES string of the molecule is CCc1c(-c2ccc(Cl)cc2)ncn1CCc1ccccc1OC.O=C(O)C(F)(F)F. The molecule has 0 spiro atoms. The molecule has 2 aromatic carbocycles. The molecule has 0 amide bonds. The highest BCUT2D eigenvalue weighted by atomic mass is 35.5. The zero-order valence-electron chi connectivity index (χ0n) is 17.0. The molecule has 0 atom stereocenters. The maximum Gasteiger partial charge on any atom is 0.490 e. The summed E-state index contributed by atoms with van der Waals surface area (Å²) < 4.78 is 39.4. The minimum Gasteiger partial charge on any atom is -0.496 e. The summed E-state index contributed by atoms with van der Waals surface area (Å²) in [6, 6.07) is 16.0. The second kappa shape index (κ2) is 10.9. The number of rotatable bonds is 6. The highest BCUT2D eigenvalue weighted by Gasteiger charge is 2.38. The van der Waals surface area contributed by atoms with Gasteiger partial charge in [0.15, 0.2) is 0 Å². The van der Waals surface area contributed by atoms with Gasteiger partial charge in [-0.05, 0) is 36.6 Å². The summed E-state index contributed by atoms with van der Waals surface area (Å²) >= 11 is 5.99. The molecule has 1 heterocycles. The van der Waals surface area contributed by atoms with Gasteiger partial charge in [-0.25, -0.2) is 9.78 Å². The van der Waals surface area contributed by atoms with Crippen LogP contribution in [0.3, 0.4) is 0 Å². The van der Waals surface area contributed by atoms with Gasteiger partial charge in [-0.3, -0.25) is 0 Å². The molecule has 166 valence electrons. The Morgan fingerprint density at radius 3 is 2.32 bits per heavy atom. The van der Waals surface area contributed by atoms with Crippen LogP contribution in [0.5, 0.6) is 5.75 Å². The summed E-state index contributed by atoms with van der Waals surface area (Å²) in [5.74, 6) is -1.82. The molecule has 3 aromatic rings. The number of carboxylic acids is 1. The summed E-state index contributed by atoms with van der Waals surface area (Å²) in [6.45, 7) is 3.04. The number of benzene rings is 2. The molecule has 0 unspecified atom stereocenters. The van der Waals surface area contributed by atoms with Crippen LogP contribution in [0.2, 0.25) is 5.02 Å². The van der Waals surface area contributed by atoms with Gasteiger partial charge in [-0.1, -0.05) is 48.9 Å². The van der Waals surface area contributed by atoms with Gasteiger partial charge in [0, 0.05) is 22.8 Å². The van der Waals surface area contributed by atoms with Gasteiger partial charge in [0.2, 0.25) is 0 Å². The molecule has 0 saturated carbocycles. The van der Waals surface area contributed by atoms with Crippen molar-refractivity contribution < 1.29 is 27.8 Å². The second-order valence-electron chi connectivity index (χ2n) is 6.46. The smallest absolute Gasteiger partial charge is 0.490 e. The number of halogens is 4. The van der Waals surface area contributed by atoms with E-state index in [9.17, 15) is 13.2 Å². The van der Waals surface area contributed by atoms with Gasteiger partial charge in [-0.15, -0.1) is 0 Å². The third-order valence-corrected chi connectivity index (χ3v) is 4.71. The number of carboxylic acid groups (broad SMARTS) is 1. The zero-order valence-corrected chi connectivity index (χ0v) is 17.7. The number of aliphatic carboxylic acids is 1. The van der Waals surface area contributed by atoms with Crippen molar-refractivity contribution in [1.29, 1.82) is 0 Å². The average molecular weight is 455 g/mol. The van der Waals surface area contributed by atoms with Gasteiger partial charge in [0.05, 0.1) is 19.1 Å². The predicted octanol–water partition coefficient (Wildman–Crippen LogP) is 5.65. The summed E-state index contributed by atoms with van der Waals surface area (Å²) in [5, 5.41) is 7.87. The lowest BCUT2D eigenvalue weighted by molar-refractivity contribution is -0.192. The Kier molecular flexibility index (Phi) is 8.50. The van der Waals surface area contributed by atoms with Crippen LogP contribution in [-0.4, -0.2) is 33.9 Å². The number of nitrogens with zero attached hydrogens (tertiary/aromatic N) is 2. The molecular formula is C22H22ClF3N2O3. The fourth-order valence-corrected chi connectivity index (χ4v) is 3.10. The Morgan fingerprint density at radius 1 is 1.16 bits per heavy atom. The summed E-state index contributed by atoms with van der Waals surface area (Å²) in [7, 11) is 1.71. The van der Waals surface area contributed by atoms with Gasteiger partial charge < -0.3 is 14.4 Å². The minimum atomic E-state index is -5.08. The number of ether oxygens (including phenoxy) is 1. The van der Waals surface area contributed by atoms with Crippen LogP contribution in [0.15, 0.2) is 54.9 Å². The maximum atomic E-state index is 10.6. The Balaban J connectivity index is 0.000000423. The van der Waals surface area contributed by atoms with Crippen molar-refractivity contribution in [3.63, 3.8) is 0 Å². The van der Waals surface area contributed by atoms with Crippen molar-refractivity contribution in [3.05, 3.63) is 71.1 Å². The highest BCUT2D eigenvalue weighted by molar-refractivity contribution is 6.30. The molecule has 1 aromatic heterocycles. The lowest BCUT2D eigenvalue weighted by Crippen LogP contribution is -2.21. The van der Waals surface area contributed by atoms with Crippen molar-refractivity contribution in [1.82, 2.24) is 9.55 Å². The van der Waals surface area contributed by atoms with E-state index in [0.717, 1.165) is 41.4 Å². The lowest BCUT2D eigenvalue weighted by atomic mass is 10.1. The van der Waals surface area contributed by atoms with E-state index in [0.29, 0.717) is 0 Å². The van der Waals surface area contributed by atoms with Gasteiger partial charge >= 0.3 is 12.1 Å². The quantitative estimate of drug-likeness (QED) is 0.522.